The van der Waals surface area contributed by atoms with Crippen LogP contribution in [0.15, 0.2) is 101 Å². The van der Waals surface area contributed by atoms with Crippen molar-refractivity contribution in [1.82, 2.24) is 5.32 Å². The Morgan fingerprint density at radius 3 is 2.49 bits per heavy atom. The van der Waals surface area contributed by atoms with Crippen LogP contribution in [0.2, 0.25) is 0 Å². The van der Waals surface area contributed by atoms with Crippen LogP contribution < -0.4 is 10.3 Å². The number of anilines is 1. The summed E-state index contributed by atoms with van der Waals surface area (Å²) in [4.78, 5) is 25.2. The maximum Gasteiger partial charge on any atom is 0.407 e. The van der Waals surface area contributed by atoms with Crippen LogP contribution in [0.1, 0.15) is 44.4 Å². The third-order valence-electron chi connectivity index (χ3n) is 6.44. The average Bonchev–Trinajstić information content (AvgIpc) is 3.21. The maximum absolute atomic E-state index is 12.8. The van der Waals surface area contributed by atoms with Crippen molar-refractivity contribution >= 4 is 34.7 Å². The van der Waals surface area contributed by atoms with E-state index in [-0.39, 0.29) is 12.5 Å². The predicted octanol–water partition coefficient (Wildman–Crippen LogP) is 6.80. The fraction of sp³-hybridized carbons (Fsp3) is 0.258. The molecular weight excluding hydrogens is 490 g/mol. The van der Waals surface area contributed by atoms with E-state index in [1.807, 2.05) is 99.6 Å². The number of carbonyl (C=O) groups excluding carboxylic acids is 2. The quantitative estimate of drug-likeness (QED) is 0.313. The fourth-order valence-electron chi connectivity index (χ4n) is 4.10. The first-order chi connectivity index (χ1) is 18.6. The van der Waals surface area contributed by atoms with Gasteiger partial charge in [-0.25, -0.2) is 4.79 Å². The number of para-hydroxylation sites is 1. The molecule has 0 aromatic heterocycles. The molecule has 1 unspecified atom stereocenters. The molecule has 0 bridgehead atoms. The summed E-state index contributed by atoms with van der Waals surface area (Å²) in [5, 5.41) is 17.1. The summed E-state index contributed by atoms with van der Waals surface area (Å²) in [5.74, 6) is -0.235. The third kappa shape index (κ3) is 6.84. The van der Waals surface area contributed by atoms with E-state index in [0.29, 0.717) is 23.5 Å². The summed E-state index contributed by atoms with van der Waals surface area (Å²) in [6.45, 7) is 11.8. The van der Waals surface area contributed by atoms with Crippen molar-refractivity contribution in [1.29, 1.82) is 0 Å². The van der Waals surface area contributed by atoms with Gasteiger partial charge in [-0.05, 0) is 74.7 Å². The number of alkyl carbamates (subject to hydrolysis) is 1. The van der Waals surface area contributed by atoms with E-state index in [0.717, 1.165) is 22.3 Å². The zero-order valence-electron chi connectivity index (χ0n) is 22.7. The van der Waals surface area contributed by atoms with Gasteiger partial charge in [-0.15, -0.1) is 0 Å². The lowest BCUT2D eigenvalue weighted by Gasteiger charge is -2.27. The number of nitrogens with zero attached hydrogens (tertiary/aromatic N) is 4. The number of allylic oxidation sites excluding steroid dienone is 1. The monoisotopic (exact) mass is 523 g/mol. The van der Waals surface area contributed by atoms with Gasteiger partial charge in [0.25, 0.3) is 5.91 Å². The molecule has 0 saturated carbocycles. The summed E-state index contributed by atoms with van der Waals surface area (Å²) in [7, 11) is 0. The summed E-state index contributed by atoms with van der Waals surface area (Å²) < 4.78 is 5.43. The Labute approximate surface area is 229 Å². The normalized spacial score (nSPS) is 15.4. The van der Waals surface area contributed by atoms with Gasteiger partial charge in [0.2, 0.25) is 0 Å². The lowest BCUT2D eigenvalue weighted by molar-refractivity contribution is -0.117. The molecule has 1 aliphatic heterocycles. The Morgan fingerprint density at radius 1 is 1.08 bits per heavy atom. The number of amides is 2. The van der Waals surface area contributed by atoms with Crippen LogP contribution in [0.4, 0.5) is 16.2 Å². The van der Waals surface area contributed by atoms with E-state index >= 15 is 0 Å². The highest BCUT2D eigenvalue weighted by Gasteiger charge is 2.34. The van der Waals surface area contributed by atoms with Crippen molar-refractivity contribution in [2.45, 2.75) is 45.7 Å². The van der Waals surface area contributed by atoms with Crippen molar-refractivity contribution in [3.8, 4) is 0 Å². The van der Waals surface area contributed by atoms with Gasteiger partial charge in [0.05, 0.1) is 29.2 Å². The second-order valence-corrected chi connectivity index (χ2v) is 10.0. The molecule has 8 heteroatoms. The second-order valence-electron chi connectivity index (χ2n) is 10.0. The molecule has 0 aliphatic carbocycles. The molecule has 2 amide bonds. The van der Waals surface area contributed by atoms with Crippen molar-refractivity contribution < 1.29 is 14.3 Å². The van der Waals surface area contributed by atoms with Crippen molar-refractivity contribution in [3.05, 3.63) is 102 Å². The molecule has 0 radical (unpaired) electrons. The molecule has 1 atom stereocenters. The van der Waals surface area contributed by atoms with Crippen LogP contribution in [0.3, 0.4) is 0 Å². The number of nitrogens with one attached hydrogen (secondary N) is 1. The van der Waals surface area contributed by atoms with E-state index in [1.54, 1.807) is 6.92 Å². The van der Waals surface area contributed by atoms with Gasteiger partial charge in [0.15, 0.2) is 6.04 Å². The van der Waals surface area contributed by atoms with E-state index in [1.165, 1.54) is 5.01 Å². The lowest BCUT2D eigenvalue weighted by atomic mass is 9.92. The summed E-state index contributed by atoms with van der Waals surface area (Å²) in [6, 6.07) is 23.9. The molecule has 0 fully saturated rings. The Bertz CT molecular complexity index is 1410. The van der Waals surface area contributed by atoms with Gasteiger partial charge in [-0.3, -0.25) is 4.79 Å². The van der Waals surface area contributed by atoms with Crippen molar-refractivity contribution in [2.75, 3.05) is 11.6 Å². The molecule has 39 heavy (non-hydrogen) atoms. The second kappa shape index (κ2) is 11.9. The number of carbonyl (C=O) groups is 2. The lowest BCUT2D eigenvalue weighted by Crippen LogP contribution is -2.41. The van der Waals surface area contributed by atoms with Gasteiger partial charge in [0, 0.05) is 6.42 Å². The van der Waals surface area contributed by atoms with E-state index in [2.05, 4.69) is 27.2 Å². The first-order valence-electron chi connectivity index (χ1n) is 12.8. The van der Waals surface area contributed by atoms with E-state index in [4.69, 9.17) is 4.74 Å². The molecule has 200 valence electrons. The zero-order valence-corrected chi connectivity index (χ0v) is 22.7. The summed E-state index contributed by atoms with van der Waals surface area (Å²) in [5.41, 5.74) is 5.26. The van der Waals surface area contributed by atoms with E-state index in [9.17, 15) is 9.59 Å². The molecule has 1 N–H and O–H groups in total. The first-order valence-corrected chi connectivity index (χ1v) is 12.8. The van der Waals surface area contributed by atoms with Crippen LogP contribution in [0, 0.1) is 0 Å². The largest absolute Gasteiger partial charge is 0.449 e. The van der Waals surface area contributed by atoms with Gasteiger partial charge >= 0.3 is 6.09 Å². The Hall–Kier alpha value is -4.59. The minimum absolute atomic E-state index is 0.232. The smallest absolute Gasteiger partial charge is 0.407 e. The van der Waals surface area contributed by atoms with Crippen molar-refractivity contribution in [3.63, 3.8) is 0 Å². The number of hydrogen-bond donors (Lipinski definition) is 1. The molecule has 0 spiro atoms. The third-order valence-corrected chi connectivity index (χ3v) is 6.44. The SMILES string of the molecule is C=C(C)c1cccc(C(C)(C)NC(=O)OCCc2ccc(/N=N/C3C(=O)N(c4ccccc4)N=C3C)cc2)c1. The van der Waals surface area contributed by atoms with Crippen LogP contribution in [0.5, 0.6) is 0 Å². The Balaban J connectivity index is 1.27. The first kappa shape index (κ1) is 27.4. The molecule has 4 rings (SSSR count). The number of hydrogen-bond acceptors (Lipinski definition) is 6. The van der Waals surface area contributed by atoms with Gasteiger partial charge in [0.1, 0.15) is 0 Å². The number of ether oxygens (including phenoxy) is 1. The zero-order chi connectivity index (χ0) is 28.0. The van der Waals surface area contributed by atoms with Gasteiger partial charge in [-0.1, -0.05) is 60.7 Å². The van der Waals surface area contributed by atoms with Gasteiger partial charge in [-0.2, -0.15) is 20.3 Å². The minimum atomic E-state index is -0.746. The molecule has 3 aromatic rings. The Morgan fingerprint density at radius 2 is 1.79 bits per heavy atom. The number of rotatable bonds is 9. The number of benzene rings is 3. The van der Waals surface area contributed by atoms with E-state index < -0.39 is 17.7 Å². The molecule has 8 nitrogen and oxygen atoms in total. The predicted molar refractivity (Wildman–Crippen MR) is 154 cm³/mol. The van der Waals surface area contributed by atoms with Gasteiger partial charge < -0.3 is 10.1 Å². The number of azo groups is 1. The Kier molecular flexibility index (Phi) is 8.34. The van der Waals surface area contributed by atoms with Crippen LogP contribution >= 0.6 is 0 Å². The topological polar surface area (TPSA) is 95.7 Å². The molecule has 1 aliphatic rings. The maximum atomic E-state index is 12.8. The molecule has 1 heterocycles. The number of hydrazone groups is 1. The molecular formula is C31H33N5O3. The fourth-order valence-corrected chi connectivity index (χ4v) is 4.10. The van der Waals surface area contributed by atoms with Crippen LogP contribution in [-0.4, -0.2) is 30.4 Å². The highest BCUT2D eigenvalue weighted by atomic mass is 16.5. The molecule has 0 saturated heterocycles. The summed E-state index contributed by atoms with van der Waals surface area (Å²) in [6.07, 6.45) is 0.0731. The standard InChI is InChI=1S/C31H33N5O3/c1-21(2)24-10-9-11-25(20-24)31(4,5)32-30(38)39-19-18-23-14-16-26(17-15-23)33-34-28-22(3)35-36(29(28)37)27-12-7-6-8-13-27/h6-17,20,28H,1,18-19H2,2-5H3,(H,32,38)/b34-33+. The highest BCUT2D eigenvalue weighted by Crippen LogP contribution is 2.25. The van der Waals surface area contributed by atoms with Crippen molar-refractivity contribution in [2.24, 2.45) is 15.3 Å². The van der Waals surface area contributed by atoms with Crippen LogP contribution in [0.25, 0.3) is 5.57 Å². The molecule has 3 aromatic carbocycles. The van der Waals surface area contributed by atoms with Crippen LogP contribution in [-0.2, 0) is 21.5 Å². The minimum Gasteiger partial charge on any atom is -0.449 e. The average molecular weight is 524 g/mol. The summed E-state index contributed by atoms with van der Waals surface area (Å²) >= 11 is 0. The highest BCUT2D eigenvalue weighted by molar-refractivity contribution is 6.18.